The third-order valence-electron chi connectivity index (χ3n) is 1.92. The average molecular weight is 246 g/mol. The summed E-state index contributed by atoms with van der Waals surface area (Å²) in [5.41, 5.74) is -0.173. The Morgan fingerprint density at radius 2 is 1.88 bits per heavy atom. The summed E-state index contributed by atoms with van der Waals surface area (Å²) in [5, 5.41) is 21.3. The van der Waals surface area contributed by atoms with Gasteiger partial charge in [-0.25, -0.2) is 0 Å². The van der Waals surface area contributed by atoms with E-state index in [-0.39, 0.29) is 5.56 Å². The zero-order valence-corrected chi connectivity index (χ0v) is 8.06. The van der Waals surface area contributed by atoms with Crippen molar-refractivity contribution >= 4 is 0 Å². The summed E-state index contributed by atoms with van der Waals surface area (Å²) in [6.07, 6.45) is -4.73. The fourth-order valence-electron chi connectivity index (χ4n) is 1.15. The molecule has 0 aliphatic heterocycles. The summed E-state index contributed by atoms with van der Waals surface area (Å²) < 4.78 is 41.0. The quantitative estimate of drug-likeness (QED) is 0.754. The maximum Gasteiger partial charge on any atom is 0.455 e. The standard InChI is InChI=1S/C9H5F3N2O3/c10-9(11,12)8-13-7(17-14-8)4-2-1-3-5(15)6(4)16/h1-3,15-16H. The first kappa shape index (κ1) is 11.2. The maximum atomic E-state index is 12.2. The fourth-order valence-corrected chi connectivity index (χ4v) is 1.15. The summed E-state index contributed by atoms with van der Waals surface area (Å²) in [6.45, 7) is 0. The van der Waals surface area contributed by atoms with Crippen LogP contribution in [0.3, 0.4) is 0 Å². The van der Waals surface area contributed by atoms with Crippen molar-refractivity contribution in [2.24, 2.45) is 0 Å². The highest BCUT2D eigenvalue weighted by Crippen LogP contribution is 2.36. The van der Waals surface area contributed by atoms with E-state index in [1.165, 1.54) is 18.2 Å². The third kappa shape index (κ3) is 2.01. The molecule has 1 aromatic heterocycles. The van der Waals surface area contributed by atoms with Crippen molar-refractivity contribution in [3.63, 3.8) is 0 Å². The maximum absolute atomic E-state index is 12.2. The van der Waals surface area contributed by atoms with Crippen LogP contribution in [0.5, 0.6) is 11.5 Å². The molecule has 0 radical (unpaired) electrons. The Hall–Kier alpha value is -2.25. The van der Waals surface area contributed by atoms with Gasteiger partial charge in [-0.2, -0.15) is 18.2 Å². The van der Waals surface area contributed by atoms with Crippen LogP contribution < -0.4 is 0 Å². The Morgan fingerprint density at radius 1 is 1.18 bits per heavy atom. The molecule has 0 unspecified atom stereocenters. The first-order chi connectivity index (χ1) is 7.89. The average Bonchev–Trinajstić information content (AvgIpc) is 2.70. The van der Waals surface area contributed by atoms with E-state index in [2.05, 4.69) is 14.7 Å². The molecule has 0 aliphatic rings. The molecule has 8 heteroatoms. The van der Waals surface area contributed by atoms with Crippen molar-refractivity contribution in [2.75, 3.05) is 0 Å². The Labute approximate surface area is 92.1 Å². The SMILES string of the molecule is Oc1cccc(-c2nc(C(F)(F)F)no2)c1O. The molecule has 90 valence electrons. The smallest absolute Gasteiger partial charge is 0.455 e. The van der Waals surface area contributed by atoms with E-state index < -0.39 is 29.4 Å². The van der Waals surface area contributed by atoms with Gasteiger partial charge in [0.05, 0.1) is 5.56 Å². The highest BCUT2D eigenvalue weighted by molar-refractivity contribution is 5.66. The molecule has 1 heterocycles. The second kappa shape index (κ2) is 3.65. The van der Waals surface area contributed by atoms with E-state index in [1.807, 2.05) is 0 Å². The molecule has 2 N–H and O–H groups in total. The van der Waals surface area contributed by atoms with Crippen LogP contribution >= 0.6 is 0 Å². The molecule has 0 spiro atoms. The van der Waals surface area contributed by atoms with Crippen LogP contribution in [0.15, 0.2) is 22.7 Å². The number of phenols is 2. The van der Waals surface area contributed by atoms with Crippen LogP contribution in [0.2, 0.25) is 0 Å². The van der Waals surface area contributed by atoms with Crippen LogP contribution in [0.25, 0.3) is 11.5 Å². The van der Waals surface area contributed by atoms with Crippen LogP contribution in [0.1, 0.15) is 5.82 Å². The highest BCUT2D eigenvalue weighted by atomic mass is 19.4. The van der Waals surface area contributed by atoms with E-state index in [1.54, 1.807) is 0 Å². The third-order valence-corrected chi connectivity index (χ3v) is 1.92. The number of alkyl halides is 3. The number of rotatable bonds is 1. The van der Waals surface area contributed by atoms with Gasteiger partial charge in [0.15, 0.2) is 11.5 Å². The monoisotopic (exact) mass is 246 g/mol. The van der Waals surface area contributed by atoms with Crippen LogP contribution in [0, 0.1) is 0 Å². The number of aromatic hydroxyl groups is 2. The van der Waals surface area contributed by atoms with Crippen molar-refractivity contribution < 1.29 is 27.9 Å². The first-order valence-corrected chi connectivity index (χ1v) is 4.32. The van der Waals surface area contributed by atoms with Gasteiger partial charge in [-0.15, -0.1) is 0 Å². The molecule has 2 aromatic rings. The van der Waals surface area contributed by atoms with Crippen molar-refractivity contribution in [3.8, 4) is 23.0 Å². The molecule has 0 saturated heterocycles. The number of aromatic nitrogens is 2. The Morgan fingerprint density at radius 3 is 2.47 bits per heavy atom. The molecule has 17 heavy (non-hydrogen) atoms. The molecule has 0 fully saturated rings. The van der Waals surface area contributed by atoms with Crippen LogP contribution in [-0.4, -0.2) is 20.4 Å². The Bertz CT molecular complexity index is 551. The van der Waals surface area contributed by atoms with Gasteiger partial charge in [-0.1, -0.05) is 11.2 Å². The number of phenolic OH excluding ortho intramolecular Hbond substituents is 2. The fraction of sp³-hybridized carbons (Fsp3) is 0.111. The largest absolute Gasteiger partial charge is 0.504 e. The topological polar surface area (TPSA) is 79.4 Å². The van der Waals surface area contributed by atoms with Crippen LogP contribution in [0.4, 0.5) is 13.2 Å². The molecule has 1 aromatic carbocycles. The van der Waals surface area contributed by atoms with E-state index >= 15 is 0 Å². The summed E-state index contributed by atoms with van der Waals surface area (Å²) in [7, 11) is 0. The van der Waals surface area contributed by atoms with Gasteiger partial charge in [0.1, 0.15) is 0 Å². The second-order valence-corrected chi connectivity index (χ2v) is 3.09. The zero-order chi connectivity index (χ0) is 12.6. The number of hydrogen-bond donors (Lipinski definition) is 2. The minimum Gasteiger partial charge on any atom is -0.504 e. The van der Waals surface area contributed by atoms with Gasteiger partial charge in [0, 0.05) is 0 Å². The van der Waals surface area contributed by atoms with Gasteiger partial charge in [-0.3, -0.25) is 0 Å². The van der Waals surface area contributed by atoms with Crippen molar-refractivity contribution in [1.82, 2.24) is 10.1 Å². The minimum atomic E-state index is -4.73. The first-order valence-electron chi connectivity index (χ1n) is 4.32. The zero-order valence-electron chi connectivity index (χ0n) is 8.06. The molecule has 0 saturated carbocycles. The number of benzene rings is 1. The normalized spacial score (nSPS) is 11.7. The predicted molar refractivity (Wildman–Crippen MR) is 48.1 cm³/mol. The van der Waals surface area contributed by atoms with Gasteiger partial charge in [-0.05, 0) is 12.1 Å². The van der Waals surface area contributed by atoms with E-state index in [0.29, 0.717) is 0 Å². The minimum absolute atomic E-state index is 0.173. The highest BCUT2D eigenvalue weighted by Gasteiger charge is 2.37. The van der Waals surface area contributed by atoms with Gasteiger partial charge in [0.25, 0.3) is 11.7 Å². The number of halogens is 3. The lowest BCUT2D eigenvalue weighted by molar-refractivity contribution is -0.146. The van der Waals surface area contributed by atoms with Crippen molar-refractivity contribution in [3.05, 3.63) is 24.0 Å². The molecular weight excluding hydrogens is 241 g/mol. The summed E-state index contributed by atoms with van der Waals surface area (Å²) >= 11 is 0. The summed E-state index contributed by atoms with van der Waals surface area (Å²) in [6, 6.07) is 3.73. The lowest BCUT2D eigenvalue weighted by Gasteiger charge is -2.00. The van der Waals surface area contributed by atoms with Crippen LogP contribution in [-0.2, 0) is 6.18 Å². The second-order valence-electron chi connectivity index (χ2n) is 3.09. The van der Waals surface area contributed by atoms with Crippen molar-refractivity contribution in [2.45, 2.75) is 6.18 Å². The van der Waals surface area contributed by atoms with Gasteiger partial charge in [0.2, 0.25) is 0 Å². The Balaban J connectivity index is 2.48. The molecule has 2 rings (SSSR count). The lowest BCUT2D eigenvalue weighted by atomic mass is 10.2. The molecular formula is C9H5F3N2O3. The Kier molecular flexibility index (Phi) is 2.41. The summed E-state index contributed by atoms with van der Waals surface area (Å²) in [4.78, 5) is 3.08. The van der Waals surface area contributed by atoms with Gasteiger partial charge >= 0.3 is 6.18 Å². The lowest BCUT2D eigenvalue weighted by Crippen LogP contribution is -2.07. The van der Waals surface area contributed by atoms with E-state index in [4.69, 9.17) is 5.11 Å². The van der Waals surface area contributed by atoms with Crippen molar-refractivity contribution in [1.29, 1.82) is 0 Å². The van der Waals surface area contributed by atoms with Gasteiger partial charge < -0.3 is 14.7 Å². The van der Waals surface area contributed by atoms with E-state index in [0.717, 1.165) is 0 Å². The molecule has 5 nitrogen and oxygen atoms in total. The number of para-hydroxylation sites is 1. The summed E-state index contributed by atoms with van der Waals surface area (Å²) in [5.74, 6) is -3.08. The molecule has 0 amide bonds. The predicted octanol–water partition coefficient (Wildman–Crippen LogP) is 2.17. The van der Waals surface area contributed by atoms with E-state index in [9.17, 15) is 18.3 Å². The number of hydrogen-bond acceptors (Lipinski definition) is 5. The molecule has 0 bridgehead atoms. The molecule has 0 atom stereocenters. The molecule has 0 aliphatic carbocycles. The number of nitrogens with zero attached hydrogens (tertiary/aromatic N) is 2.